The first-order valence-corrected chi connectivity index (χ1v) is 22.5. The van der Waals surface area contributed by atoms with Crippen LogP contribution in [0.3, 0.4) is 0 Å². The van der Waals surface area contributed by atoms with E-state index in [4.69, 9.17) is 0 Å². The fourth-order valence-electron chi connectivity index (χ4n) is 9.47. The lowest BCUT2D eigenvalue weighted by atomic mass is 10.0. The lowest BCUT2D eigenvalue weighted by Crippen LogP contribution is -2.12. The number of hydrogen-bond donors (Lipinski definition) is 0. The third-order valence-corrected chi connectivity index (χ3v) is 12.6. The van der Waals surface area contributed by atoms with E-state index >= 15 is 0 Å². The summed E-state index contributed by atoms with van der Waals surface area (Å²) in [6.45, 7) is 2.17. The summed E-state index contributed by atoms with van der Waals surface area (Å²) in [5.41, 5.74) is 16.1. The van der Waals surface area contributed by atoms with Crippen LogP contribution < -0.4 is 14.7 Å². The van der Waals surface area contributed by atoms with Gasteiger partial charge in [0.1, 0.15) is 0 Å². The molecule has 1 aliphatic carbocycles. The SMILES string of the molecule is Cc1ccccc1N(c1ccccc1)c1ccc(N(c2ccccc2)c2ccc(-c3ccc(N(c4ccccc4)c4ccc5c(c4)c4ccccc4n5C4C=CC=CC4)cc3)cc2)cc1. The van der Waals surface area contributed by atoms with E-state index in [1.165, 1.54) is 27.4 Å². The minimum absolute atomic E-state index is 0.286. The molecule has 0 saturated heterocycles. The molecule has 1 aromatic heterocycles. The van der Waals surface area contributed by atoms with Crippen molar-refractivity contribution in [2.45, 2.75) is 19.4 Å². The molecule has 9 aromatic carbocycles. The smallest absolute Gasteiger partial charge is 0.0560 e. The average molecular weight is 837 g/mol. The lowest BCUT2D eigenvalue weighted by Gasteiger charge is -2.29. The number of para-hydroxylation sites is 5. The van der Waals surface area contributed by atoms with Gasteiger partial charge in [0.2, 0.25) is 0 Å². The van der Waals surface area contributed by atoms with E-state index in [1.807, 2.05) is 0 Å². The zero-order valence-electron chi connectivity index (χ0n) is 36.3. The van der Waals surface area contributed by atoms with Crippen LogP contribution in [0.5, 0.6) is 0 Å². The standard InChI is InChI=1S/C61H48N4/c1-45-18-14-16-28-59(45)64(50-23-10-4-11-24-50)55-40-38-54(39-41-55)62(48-19-6-2-7-20-48)52-34-30-46(31-35-52)47-32-36-53(37-33-47)63(49-21-8-3-9-22-49)56-42-43-61-58(44-56)57-27-15-17-29-60(57)65(61)51-25-12-5-13-26-51/h2-25,27-44,51H,26H2,1H3. The average Bonchev–Trinajstić information content (AvgIpc) is 3.71. The van der Waals surface area contributed by atoms with Crippen LogP contribution >= 0.6 is 0 Å². The molecule has 0 spiro atoms. The van der Waals surface area contributed by atoms with Crippen LogP contribution in [0, 0.1) is 6.92 Å². The quantitative estimate of drug-likeness (QED) is 0.129. The van der Waals surface area contributed by atoms with E-state index in [0.29, 0.717) is 0 Å². The van der Waals surface area contributed by atoms with E-state index in [9.17, 15) is 0 Å². The van der Waals surface area contributed by atoms with Crippen molar-refractivity contribution < 1.29 is 0 Å². The molecule has 4 nitrogen and oxygen atoms in total. The molecular formula is C61H48N4. The molecule has 0 saturated carbocycles. The summed E-state index contributed by atoms with van der Waals surface area (Å²) in [5, 5.41) is 2.53. The highest BCUT2D eigenvalue weighted by atomic mass is 15.2. The van der Waals surface area contributed by atoms with Crippen molar-refractivity contribution in [1.29, 1.82) is 0 Å². The third kappa shape index (κ3) is 7.66. The Hall–Kier alpha value is -8.34. The monoisotopic (exact) mass is 836 g/mol. The summed E-state index contributed by atoms with van der Waals surface area (Å²) in [5.74, 6) is 0. The third-order valence-electron chi connectivity index (χ3n) is 12.6. The number of anilines is 9. The number of nitrogens with zero attached hydrogens (tertiary/aromatic N) is 4. The number of fused-ring (bicyclic) bond motifs is 3. The van der Waals surface area contributed by atoms with Crippen LogP contribution in [-0.2, 0) is 0 Å². The highest BCUT2D eigenvalue weighted by Crippen LogP contribution is 2.43. The second kappa shape index (κ2) is 17.4. The van der Waals surface area contributed by atoms with Crippen molar-refractivity contribution >= 4 is 73.0 Å². The molecule has 0 bridgehead atoms. The van der Waals surface area contributed by atoms with Gasteiger partial charge in [-0.2, -0.15) is 0 Å². The number of rotatable bonds is 11. The van der Waals surface area contributed by atoms with Gasteiger partial charge in [0.25, 0.3) is 0 Å². The molecule has 0 radical (unpaired) electrons. The van der Waals surface area contributed by atoms with Crippen molar-refractivity contribution in [3.05, 3.63) is 260 Å². The van der Waals surface area contributed by atoms with Gasteiger partial charge in [0.05, 0.1) is 6.04 Å². The Labute approximate surface area is 381 Å². The Morgan fingerprint density at radius 1 is 0.369 bits per heavy atom. The summed E-state index contributed by atoms with van der Waals surface area (Å²) in [7, 11) is 0. The molecule has 11 rings (SSSR count). The van der Waals surface area contributed by atoms with Crippen LogP contribution in [0.2, 0.25) is 0 Å². The van der Waals surface area contributed by atoms with Crippen molar-refractivity contribution in [2.24, 2.45) is 0 Å². The van der Waals surface area contributed by atoms with E-state index in [-0.39, 0.29) is 6.04 Å². The van der Waals surface area contributed by atoms with Crippen molar-refractivity contribution in [2.75, 3.05) is 14.7 Å². The van der Waals surface area contributed by atoms with Gasteiger partial charge in [0.15, 0.2) is 0 Å². The first-order valence-electron chi connectivity index (χ1n) is 22.5. The van der Waals surface area contributed by atoms with Gasteiger partial charge in [-0.15, -0.1) is 0 Å². The predicted molar refractivity (Wildman–Crippen MR) is 276 cm³/mol. The lowest BCUT2D eigenvalue weighted by molar-refractivity contribution is 0.648. The van der Waals surface area contributed by atoms with Gasteiger partial charge in [-0.3, -0.25) is 0 Å². The van der Waals surface area contributed by atoms with Gasteiger partial charge in [-0.05, 0) is 145 Å². The molecular weight excluding hydrogens is 789 g/mol. The highest BCUT2D eigenvalue weighted by molar-refractivity contribution is 6.09. The molecule has 1 unspecified atom stereocenters. The Kier molecular flexibility index (Phi) is 10.6. The summed E-state index contributed by atoms with van der Waals surface area (Å²) in [4.78, 5) is 7.02. The minimum Gasteiger partial charge on any atom is -0.333 e. The molecule has 0 amide bonds. The van der Waals surface area contributed by atoms with Gasteiger partial charge in [-0.25, -0.2) is 0 Å². The van der Waals surface area contributed by atoms with E-state index < -0.39 is 0 Å². The number of aryl methyl sites for hydroxylation is 1. The maximum atomic E-state index is 2.50. The van der Waals surface area contributed by atoms with Crippen LogP contribution in [0.25, 0.3) is 32.9 Å². The topological polar surface area (TPSA) is 14.7 Å². The van der Waals surface area contributed by atoms with E-state index in [1.54, 1.807) is 0 Å². The Balaban J connectivity index is 0.910. The van der Waals surface area contributed by atoms with Crippen LogP contribution in [-0.4, -0.2) is 4.57 Å². The summed E-state index contributed by atoms with van der Waals surface area (Å²) >= 11 is 0. The Morgan fingerprint density at radius 2 is 0.800 bits per heavy atom. The minimum atomic E-state index is 0.286. The van der Waals surface area contributed by atoms with Gasteiger partial charge in [0, 0.05) is 73.0 Å². The number of aromatic nitrogens is 1. The normalized spacial score (nSPS) is 13.3. The van der Waals surface area contributed by atoms with Gasteiger partial charge < -0.3 is 19.3 Å². The van der Waals surface area contributed by atoms with Gasteiger partial charge >= 0.3 is 0 Å². The van der Waals surface area contributed by atoms with Crippen molar-refractivity contribution in [1.82, 2.24) is 4.57 Å². The van der Waals surface area contributed by atoms with Crippen molar-refractivity contribution in [3.8, 4) is 11.1 Å². The molecule has 1 aliphatic rings. The molecule has 1 heterocycles. The molecule has 0 aliphatic heterocycles. The molecule has 65 heavy (non-hydrogen) atoms. The zero-order valence-corrected chi connectivity index (χ0v) is 36.3. The van der Waals surface area contributed by atoms with Crippen LogP contribution in [0.15, 0.2) is 255 Å². The summed E-state index contributed by atoms with van der Waals surface area (Å²) in [6, 6.07) is 83.3. The van der Waals surface area contributed by atoms with Crippen molar-refractivity contribution in [3.63, 3.8) is 0 Å². The zero-order chi connectivity index (χ0) is 43.5. The Bertz CT molecular complexity index is 3280. The number of hydrogen-bond acceptors (Lipinski definition) is 3. The van der Waals surface area contributed by atoms with E-state index in [2.05, 4.69) is 281 Å². The largest absolute Gasteiger partial charge is 0.333 e. The summed E-state index contributed by atoms with van der Waals surface area (Å²) in [6.07, 6.45) is 9.89. The summed E-state index contributed by atoms with van der Waals surface area (Å²) < 4.78 is 2.50. The predicted octanol–water partition coefficient (Wildman–Crippen LogP) is 17.2. The molecule has 312 valence electrons. The molecule has 0 fully saturated rings. The van der Waals surface area contributed by atoms with Crippen LogP contribution in [0.4, 0.5) is 51.2 Å². The molecule has 0 N–H and O–H groups in total. The maximum absolute atomic E-state index is 2.50. The number of benzene rings is 9. The molecule has 4 heteroatoms. The highest BCUT2D eigenvalue weighted by Gasteiger charge is 2.21. The molecule has 1 atom stereocenters. The first kappa shape index (κ1) is 39.5. The first-order chi connectivity index (χ1) is 32.2. The fraction of sp³-hybridized carbons (Fsp3) is 0.0492. The second-order valence-electron chi connectivity index (χ2n) is 16.6. The van der Waals surface area contributed by atoms with Gasteiger partial charge in [-0.1, -0.05) is 140 Å². The fourth-order valence-corrected chi connectivity index (χ4v) is 9.47. The van der Waals surface area contributed by atoms with E-state index in [0.717, 1.165) is 68.7 Å². The second-order valence-corrected chi connectivity index (χ2v) is 16.6. The molecule has 10 aromatic rings. The van der Waals surface area contributed by atoms with Crippen LogP contribution in [0.1, 0.15) is 18.0 Å². The number of allylic oxidation sites excluding steroid dienone is 4. The maximum Gasteiger partial charge on any atom is 0.0560 e. The Morgan fingerprint density at radius 3 is 1.35 bits per heavy atom.